The normalized spacial score (nSPS) is 15.3. The van der Waals surface area contributed by atoms with Crippen molar-refractivity contribution in [3.63, 3.8) is 0 Å². The summed E-state index contributed by atoms with van der Waals surface area (Å²) in [7, 11) is 0. The van der Waals surface area contributed by atoms with Crippen LogP contribution < -0.4 is 0 Å². The highest BCUT2D eigenvalue weighted by Crippen LogP contribution is 2.10. The van der Waals surface area contributed by atoms with Gasteiger partial charge in [0.15, 0.2) is 0 Å². The number of likely N-dealkylation sites (tertiary alicyclic amines) is 1. The summed E-state index contributed by atoms with van der Waals surface area (Å²) in [6.45, 7) is 5.15. The quantitative estimate of drug-likeness (QED) is 0.627. The Hall–Kier alpha value is -1.43. The standard InChI is InChI=1S/C12H20N2O4/c1-3-13(9-12(17)18-4-2)8-11(16)14-7-5-6-10(14)15/h3-9H2,1-2H3. The molecule has 0 aromatic heterocycles. The van der Waals surface area contributed by atoms with E-state index in [1.165, 1.54) is 4.90 Å². The number of amides is 2. The van der Waals surface area contributed by atoms with Gasteiger partial charge in [0.25, 0.3) is 0 Å². The predicted octanol–water partition coefficient (Wildman–Crippen LogP) is 0.0204. The van der Waals surface area contributed by atoms with Crippen LogP contribution in [0, 0.1) is 0 Å². The summed E-state index contributed by atoms with van der Waals surface area (Å²) in [4.78, 5) is 37.5. The number of carbonyl (C=O) groups is 3. The molecule has 0 N–H and O–H groups in total. The molecule has 6 heteroatoms. The molecule has 0 aromatic rings. The lowest BCUT2D eigenvalue weighted by Crippen LogP contribution is -2.42. The molecule has 0 radical (unpaired) electrons. The van der Waals surface area contributed by atoms with Gasteiger partial charge < -0.3 is 4.74 Å². The van der Waals surface area contributed by atoms with Crippen LogP contribution in [-0.2, 0) is 19.1 Å². The number of likely N-dealkylation sites (N-methyl/N-ethyl adjacent to an activating group) is 1. The largest absolute Gasteiger partial charge is 0.465 e. The van der Waals surface area contributed by atoms with Crippen molar-refractivity contribution >= 4 is 17.8 Å². The Morgan fingerprint density at radius 3 is 2.56 bits per heavy atom. The number of imide groups is 1. The molecule has 0 aliphatic carbocycles. The predicted molar refractivity (Wildman–Crippen MR) is 64.7 cm³/mol. The lowest BCUT2D eigenvalue weighted by atomic mass is 10.4. The van der Waals surface area contributed by atoms with Crippen LogP contribution >= 0.6 is 0 Å². The van der Waals surface area contributed by atoms with Gasteiger partial charge >= 0.3 is 5.97 Å². The van der Waals surface area contributed by atoms with Crippen LogP contribution in [0.1, 0.15) is 26.7 Å². The first-order valence-corrected chi connectivity index (χ1v) is 6.29. The Labute approximate surface area is 107 Å². The van der Waals surface area contributed by atoms with Crippen molar-refractivity contribution in [3.8, 4) is 0 Å². The summed E-state index contributed by atoms with van der Waals surface area (Å²) in [6.07, 6.45) is 1.17. The first-order valence-electron chi connectivity index (χ1n) is 6.29. The van der Waals surface area contributed by atoms with Crippen LogP contribution in [0.15, 0.2) is 0 Å². The Bertz CT molecular complexity index is 330. The lowest BCUT2D eigenvalue weighted by molar-refractivity contribution is -0.145. The molecular weight excluding hydrogens is 236 g/mol. The summed E-state index contributed by atoms with van der Waals surface area (Å²) >= 11 is 0. The number of ether oxygens (including phenoxy) is 1. The molecule has 1 saturated heterocycles. The van der Waals surface area contributed by atoms with Gasteiger partial charge in [-0.2, -0.15) is 0 Å². The van der Waals surface area contributed by atoms with Gasteiger partial charge in [0.2, 0.25) is 11.8 Å². The van der Waals surface area contributed by atoms with Crippen molar-refractivity contribution in [2.45, 2.75) is 26.7 Å². The second kappa shape index (κ2) is 7.10. The van der Waals surface area contributed by atoms with E-state index < -0.39 is 0 Å². The molecule has 0 bridgehead atoms. The van der Waals surface area contributed by atoms with Gasteiger partial charge in [-0.1, -0.05) is 6.92 Å². The van der Waals surface area contributed by atoms with E-state index in [9.17, 15) is 14.4 Å². The molecule has 18 heavy (non-hydrogen) atoms. The summed E-state index contributed by atoms with van der Waals surface area (Å²) in [5.74, 6) is -0.698. The first kappa shape index (κ1) is 14.6. The summed E-state index contributed by atoms with van der Waals surface area (Å²) in [5.41, 5.74) is 0. The van der Waals surface area contributed by atoms with Gasteiger partial charge in [0.1, 0.15) is 0 Å². The van der Waals surface area contributed by atoms with E-state index in [2.05, 4.69) is 0 Å². The second-order valence-corrected chi connectivity index (χ2v) is 4.15. The molecule has 0 unspecified atom stereocenters. The van der Waals surface area contributed by atoms with Crippen LogP contribution in [0.4, 0.5) is 0 Å². The van der Waals surface area contributed by atoms with Crippen molar-refractivity contribution in [3.05, 3.63) is 0 Å². The number of esters is 1. The number of rotatable bonds is 6. The average Bonchev–Trinajstić information content (AvgIpc) is 2.74. The minimum Gasteiger partial charge on any atom is -0.465 e. The summed E-state index contributed by atoms with van der Waals surface area (Å²) in [6, 6.07) is 0. The molecule has 0 saturated carbocycles. The fraction of sp³-hybridized carbons (Fsp3) is 0.750. The molecule has 0 aromatic carbocycles. The highest BCUT2D eigenvalue weighted by Gasteiger charge is 2.27. The number of hydrogen-bond acceptors (Lipinski definition) is 5. The van der Waals surface area contributed by atoms with Gasteiger partial charge in [-0.25, -0.2) is 0 Å². The highest BCUT2D eigenvalue weighted by molar-refractivity contribution is 5.97. The lowest BCUT2D eigenvalue weighted by Gasteiger charge is -2.21. The van der Waals surface area contributed by atoms with Gasteiger partial charge in [-0.15, -0.1) is 0 Å². The molecule has 102 valence electrons. The summed E-state index contributed by atoms with van der Waals surface area (Å²) in [5, 5.41) is 0. The molecule has 1 fully saturated rings. The maximum absolute atomic E-state index is 11.9. The molecule has 1 aliphatic heterocycles. The van der Waals surface area contributed by atoms with E-state index in [4.69, 9.17) is 4.74 Å². The SMILES string of the molecule is CCOC(=O)CN(CC)CC(=O)N1CCCC1=O. The van der Waals surface area contributed by atoms with E-state index >= 15 is 0 Å². The Morgan fingerprint density at radius 1 is 1.33 bits per heavy atom. The molecule has 1 rings (SSSR count). The highest BCUT2D eigenvalue weighted by atomic mass is 16.5. The second-order valence-electron chi connectivity index (χ2n) is 4.15. The molecule has 2 amide bonds. The van der Waals surface area contributed by atoms with Crippen molar-refractivity contribution in [1.29, 1.82) is 0 Å². The first-order chi connectivity index (χ1) is 8.58. The molecule has 1 aliphatic rings. The maximum atomic E-state index is 11.9. The average molecular weight is 256 g/mol. The van der Waals surface area contributed by atoms with Crippen molar-refractivity contribution < 1.29 is 19.1 Å². The zero-order chi connectivity index (χ0) is 13.5. The monoisotopic (exact) mass is 256 g/mol. The van der Waals surface area contributed by atoms with E-state index in [-0.39, 0.29) is 30.9 Å². The molecule has 1 heterocycles. The number of carbonyl (C=O) groups excluding carboxylic acids is 3. The van der Waals surface area contributed by atoms with Crippen LogP contribution in [0.3, 0.4) is 0 Å². The van der Waals surface area contributed by atoms with Crippen LogP contribution in [0.25, 0.3) is 0 Å². The molecule has 6 nitrogen and oxygen atoms in total. The molecule has 0 spiro atoms. The third-order valence-corrected chi connectivity index (χ3v) is 2.84. The minimum atomic E-state index is -0.347. The fourth-order valence-electron chi connectivity index (χ4n) is 1.86. The van der Waals surface area contributed by atoms with E-state index in [1.54, 1.807) is 11.8 Å². The Balaban J connectivity index is 2.44. The Morgan fingerprint density at radius 2 is 2.06 bits per heavy atom. The Kier molecular flexibility index (Phi) is 5.77. The van der Waals surface area contributed by atoms with Gasteiger partial charge in [0.05, 0.1) is 19.7 Å². The zero-order valence-corrected chi connectivity index (χ0v) is 11.0. The molecular formula is C12H20N2O4. The van der Waals surface area contributed by atoms with Crippen molar-refractivity contribution in [1.82, 2.24) is 9.80 Å². The number of hydrogen-bond donors (Lipinski definition) is 0. The van der Waals surface area contributed by atoms with Crippen LogP contribution in [-0.4, -0.2) is 60.4 Å². The van der Waals surface area contributed by atoms with E-state index in [0.29, 0.717) is 26.1 Å². The van der Waals surface area contributed by atoms with Gasteiger partial charge in [-0.05, 0) is 19.9 Å². The van der Waals surface area contributed by atoms with E-state index in [0.717, 1.165) is 6.42 Å². The summed E-state index contributed by atoms with van der Waals surface area (Å²) < 4.78 is 4.83. The number of nitrogens with zero attached hydrogens (tertiary/aromatic N) is 2. The van der Waals surface area contributed by atoms with Crippen LogP contribution in [0.2, 0.25) is 0 Å². The van der Waals surface area contributed by atoms with Crippen molar-refractivity contribution in [2.75, 3.05) is 32.8 Å². The van der Waals surface area contributed by atoms with Gasteiger partial charge in [0, 0.05) is 13.0 Å². The van der Waals surface area contributed by atoms with Crippen LogP contribution in [0.5, 0.6) is 0 Å². The maximum Gasteiger partial charge on any atom is 0.320 e. The van der Waals surface area contributed by atoms with Gasteiger partial charge in [-0.3, -0.25) is 24.2 Å². The fourth-order valence-corrected chi connectivity index (χ4v) is 1.86. The topological polar surface area (TPSA) is 66.9 Å². The van der Waals surface area contributed by atoms with Crippen molar-refractivity contribution in [2.24, 2.45) is 0 Å². The third-order valence-electron chi connectivity index (χ3n) is 2.84. The minimum absolute atomic E-state index is 0.0815. The third kappa shape index (κ3) is 4.10. The van der Waals surface area contributed by atoms with E-state index in [1.807, 2.05) is 6.92 Å². The smallest absolute Gasteiger partial charge is 0.320 e. The molecule has 0 atom stereocenters. The zero-order valence-electron chi connectivity index (χ0n) is 11.0.